The molecule has 0 atom stereocenters. The van der Waals surface area contributed by atoms with Crippen molar-refractivity contribution in [3.8, 4) is 25.7 Å². The van der Waals surface area contributed by atoms with E-state index in [1.54, 1.807) is 13.3 Å². The summed E-state index contributed by atoms with van der Waals surface area (Å²) in [5.41, 5.74) is 0. The first-order chi connectivity index (χ1) is 9.93. The Hall–Kier alpha value is -0.0813. The number of terminal acetylenes is 2. The van der Waals surface area contributed by atoms with Crippen molar-refractivity contribution in [2.24, 2.45) is 0 Å². The van der Waals surface area contributed by atoms with Crippen molar-refractivity contribution in [2.75, 3.05) is 0 Å². The molecule has 0 aromatic heterocycles. The van der Waals surface area contributed by atoms with Crippen LogP contribution in [0.3, 0.4) is 0 Å². The first-order valence-corrected chi connectivity index (χ1v) is 16.1. The van der Waals surface area contributed by atoms with E-state index in [-0.39, 0.29) is 0 Å². The SMILES string of the molecule is C#C.C#C.CCC[CH2][Sn]([CH2]CCC)([CH2]CCC)[C](C)(C)C. The summed E-state index contributed by atoms with van der Waals surface area (Å²) in [5.74, 6) is 0. The standard InChI is InChI=1S/4C4H9.2C2H2.Sn/c1-4(2)3;3*1-3-4-2;2*1-2;/h1-3H3;3*1,3-4H2,2H3;2*1-2H;. The summed E-state index contributed by atoms with van der Waals surface area (Å²) < 4.78 is 5.62. The van der Waals surface area contributed by atoms with E-state index in [0.717, 1.165) is 0 Å². The zero-order chi connectivity index (χ0) is 17.4. The number of rotatable bonds is 9. The van der Waals surface area contributed by atoms with Gasteiger partial charge in [0.05, 0.1) is 0 Å². The zero-order valence-corrected chi connectivity index (χ0v) is 18.5. The van der Waals surface area contributed by atoms with Crippen LogP contribution in [0.1, 0.15) is 80.1 Å². The van der Waals surface area contributed by atoms with Crippen LogP contribution in [0.15, 0.2) is 0 Å². The van der Waals surface area contributed by atoms with Gasteiger partial charge in [0.2, 0.25) is 0 Å². The fraction of sp³-hybridized carbons (Fsp3) is 0.800. The van der Waals surface area contributed by atoms with E-state index in [9.17, 15) is 0 Å². The molecule has 0 spiro atoms. The molecule has 0 aromatic carbocycles. The molecule has 124 valence electrons. The number of hydrogen-bond acceptors (Lipinski definition) is 0. The van der Waals surface area contributed by atoms with Crippen molar-refractivity contribution < 1.29 is 0 Å². The Labute approximate surface area is 140 Å². The van der Waals surface area contributed by atoms with E-state index in [0.29, 0.717) is 3.43 Å². The molecule has 0 nitrogen and oxygen atoms in total. The second-order valence-corrected chi connectivity index (χ2v) is 22.7. The van der Waals surface area contributed by atoms with Crippen LogP contribution in [-0.4, -0.2) is 18.4 Å². The fourth-order valence-electron chi connectivity index (χ4n) is 3.05. The van der Waals surface area contributed by atoms with E-state index in [1.807, 2.05) is 0 Å². The molecule has 0 saturated carbocycles. The summed E-state index contributed by atoms with van der Waals surface area (Å²) in [6, 6.07) is 0. The minimum atomic E-state index is -1.91. The Morgan fingerprint density at radius 3 is 1.00 bits per heavy atom. The van der Waals surface area contributed by atoms with Crippen LogP contribution in [0.2, 0.25) is 16.7 Å². The predicted octanol–water partition coefficient (Wildman–Crippen LogP) is 7.13. The molecule has 0 aliphatic heterocycles. The van der Waals surface area contributed by atoms with Gasteiger partial charge in [0.15, 0.2) is 0 Å². The summed E-state index contributed by atoms with van der Waals surface area (Å²) in [4.78, 5) is 0. The van der Waals surface area contributed by atoms with Crippen molar-refractivity contribution in [3.63, 3.8) is 0 Å². The quantitative estimate of drug-likeness (QED) is 0.286. The molecule has 0 fully saturated rings. The maximum atomic E-state index is 4.00. The molecule has 0 rings (SSSR count). The Morgan fingerprint density at radius 1 is 0.619 bits per heavy atom. The molecule has 21 heavy (non-hydrogen) atoms. The second-order valence-electron chi connectivity index (χ2n) is 6.84. The van der Waals surface area contributed by atoms with E-state index in [1.165, 1.54) is 38.5 Å². The summed E-state index contributed by atoms with van der Waals surface area (Å²) in [6.45, 7) is 14.8. The van der Waals surface area contributed by atoms with Crippen LogP contribution in [0.5, 0.6) is 0 Å². The van der Waals surface area contributed by atoms with Crippen LogP contribution >= 0.6 is 0 Å². The zero-order valence-electron chi connectivity index (χ0n) is 15.7. The molecule has 0 aliphatic carbocycles. The van der Waals surface area contributed by atoms with Crippen molar-refractivity contribution in [3.05, 3.63) is 0 Å². The predicted molar refractivity (Wildman–Crippen MR) is 104 cm³/mol. The van der Waals surface area contributed by atoms with Gasteiger partial charge in [-0.05, 0) is 0 Å². The molecular weight excluding hydrogens is 359 g/mol. The van der Waals surface area contributed by atoms with Gasteiger partial charge in [-0.25, -0.2) is 0 Å². The monoisotopic (exact) mass is 400 g/mol. The average Bonchev–Trinajstić information content (AvgIpc) is 2.49. The van der Waals surface area contributed by atoms with Gasteiger partial charge in [0.1, 0.15) is 0 Å². The molecule has 0 aliphatic rings. The third-order valence-corrected chi connectivity index (χ3v) is 24.9. The Kier molecular flexibility index (Phi) is 20.1. The molecule has 0 unspecified atom stereocenters. The van der Waals surface area contributed by atoms with Crippen LogP contribution in [0, 0.1) is 25.7 Å². The van der Waals surface area contributed by atoms with Gasteiger partial charge in [0, 0.05) is 0 Å². The van der Waals surface area contributed by atoms with Crippen LogP contribution in [0.4, 0.5) is 0 Å². The molecule has 0 bridgehead atoms. The van der Waals surface area contributed by atoms with Crippen molar-refractivity contribution in [2.45, 2.75) is 96.8 Å². The van der Waals surface area contributed by atoms with Gasteiger partial charge in [-0.1, -0.05) is 0 Å². The fourth-order valence-corrected chi connectivity index (χ4v) is 20.4. The Bertz CT molecular complexity index is 214. The van der Waals surface area contributed by atoms with E-state index >= 15 is 0 Å². The maximum absolute atomic E-state index is 4.00. The molecule has 0 heterocycles. The van der Waals surface area contributed by atoms with Crippen molar-refractivity contribution >= 4 is 18.4 Å². The van der Waals surface area contributed by atoms with Gasteiger partial charge in [-0.15, -0.1) is 25.7 Å². The number of hydrogen-bond donors (Lipinski definition) is 0. The van der Waals surface area contributed by atoms with E-state index < -0.39 is 18.4 Å². The van der Waals surface area contributed by atoms with Gasteiger partial charge < -0.3 is 0 Å². The normalized spacial score (nSPS) is 10.8. The minimum absolute atomic E-state index is 0.675. The first-order valence-electron chi connectivity index (χ1n) is 8.60. The van der Waals surface area contributed by atoms with Gasteiger partial charge in [-0.3, -0.25) is 0 Å². The van der Waals surface area contributed by atoms with E-state index in [2.05, 4.69) is 67.2 Å². The first kappa shape index (κ1) is 25.8. The summed E-state index contributed by atoms with van der Waals surface area (Å²) in [7, 11) is 0. The Balaban J connectivity index is -0.000000739. The van der Waals surface area contributed by atoms with Gasteiger partial charge in [0.25, 0.3) is 0 Å². The third-order valence-electron chi connectivity index (χ3n) is 4.62. The van der Waals surface area contributed by atoms with Crippen molar-refractivity contribution in [1.29, 1.82) is 0 Å². The molecule has 0 N–H and O–H groups in total. The molecular formula is C20H40Sn. The Morgan fingerprint density at radius 2 is 0.857 bits per heavy atom. The number of unbranched alkanes of at least 4 members (excludes halogenated alkanes) is 3. The van der Waals surface area contributed by atoms with Crippen LogP contribution in [-0.2, 0) is 0 Å². The molecule has 0 saturated heterocycles. The van der Waals surface area contributed by atoms with Crippen LogP contribution in [0.25, 0.3) is 0 Å². The summed E-state index contributed by atoms with van der Waals surface area (Å²) >= 11 is -1.91. The van der Waals surface area contributed by atoms with Crippen LogP contribution < -0.4 is 0 Å². The van der Waals surface area contributed by atoms with Gasteiger partial charge in [-0.2, -0.15) is 0 Å². The summed E-state index contributed by atoms with van der Waals surface area (Å²) in [5, 5.41) is 0. The molecule has 0 aromatic rings. The third kappa shape index (κ3) is 11.2. The summed E-state index contributed by atoms with van der Waals surface area (Å²) in [6.07, 6.45) is 24.7. The topological polar surface area (TPSA) is 0 Å². The van der Waals surface area contributed by atoms with E-state index in [4.69, 9.17) is 0 Å². The molecule has 1 heteroatoms. The second kappa shape index (κ2) is 16.3. The average molecular weight is 399 g/mol. The molecule has 0 amide bonds. The van der Waals surface area contributed by atoms with Crippen molar-refractivity contribution in [1.82, 2.24) is 0 Å². The van der Waals surface area contributed by atoms with Gasteiger partial charge >= 0.3 is 115 Å². The molecule has 0 radical (unpaired) electrons.